The predicted molar refractivity (Wildman–Crippen MR) is 124 cm³/mol. The molecule has 1 N–H and O–H groups in total. The van der Waals surface area contributed by atoms with Gasteiger partial charge in [0.15, 0.2) is 0 Å². The average Bonchev–Trinajstić information content (AvgIpc) is 3.43. The van der Waals surface area contributed by atoms with Gasteiger partial charge in [0, 0.05) is 10.4 Å². The molecule has 3 heterocycles. The van der Waals surface area contributed by atoms with Gasteiger partial charge in [0.2, 0.25) is 0 Å². The Morgan fingerprint density at radius 1 is 1.07 bits per heavy atom. The number of thiophene rings is 2. The summed E-state index contributed by atoms with van der Waals surface area (Å²) in [6.07, 6.45) is 0.650. The molecule has 4 aromatic rings. The van der Waals surface area contributed by atoms with Crippen LogP contribution in [0.1, 0.15) is 24.9 Å². The summed E-state index contributed by atoms with van der Waals surface area (Å²) in [5, 5.41) is 13.7. The van der Waals surface area contributed by atoms with Crippen LogP contribution in [-0.2, 0) is 10.0 Å². The van der Waals surface area contributed by atoms with Crippen molar-refractivity contribution in [2.24, 2.45) is 0 Å². The van der Waals surface area contributed by atoms with Crippen LogP contribution in [-0.4, -0.2) is 13.5 Å². The molecule has 7 heteroatoms. The number of rotatable bonds is 4. The molecule has 0 bridgehead atoms. The number of phenolic OH excluding ortho intramolecular Hbond substituents is 1. The number of aromatic hydroxyl groups is 1. The summed E-state index contributed by atoms with van der Waals surface area (Å²) < 4.78 is 29.1. The molecule has 0 saturated carbocycles. The van der Waals surface area contributed by atoms with E-state index in [1.165, 1.54) is 24.3 Å². The van der Waals surface area contributed by atoms with Crippen LogP contribution in [0, 0.1) is 0 Å². The Morgan fingerprint density at radius 3 is 2.53 bits per heavy atom. The number of phenols is 1. The van der Waals surface area contributed by atoms with Gasteiger partial charge in [-0.1, -0.05) is 31.2 Å². The molecule has 0 aliphatic carbocycles. The van der Waals surface area contributed by atoms with Gasteiger partial charge < -0.3 is 5.11 Å². The van der Waals surface area contributed by atoms with Crippen LogP contribution >= 0.6 is 22.7 Å². The number of sulfonamides is 1. The summed E-state index contributed by atoms with van der Waals surface area (Å²) in [5.74, 6) is 0.0425. The molecule has 0 radical (unpaired) electrons. The Hall–Kier alpha value is -2.61. The first-order chi connectivity index (χ1) is 14.5. The second-order valence-corrected chi connectivity index (χ2v) is 10.8. The fourth-order valence-electron chi connectivity index (χ4n) is 3.99. The van der Waals surface area contributed by atoms with Crippen molar-refractivity contribution in [3.63, 3.8) is 0 Å². The fourth-order valence-corrected chi connectivity index (χ4v) is 7.68. The maximum atomic E-state index is 13.8. The highest BCUT2D eigenvalue weighted by Crippen LogP contribution is 2.53. The van der Waals surface area contributed by atoms with E-state index in [1.807, 2.05) is 36.6 Å². The second-order valence-electron chi connectivity index (χ2n) is 7.14. The second kappa shape index (κ2) is 7.27. The molecule has 0 spiro atoms. The molecule has 152 valence electrons. The number of benzene rings is 2. The van der Waals surface area contributed by atoms with Crippen molar-refractivity contribution in [2.45, 2.75) is 24.3 Å². The quantitative estimate of drug-likeness (QED) is 0.383. The van der Waals surface area contributed by atoms with Crippen molar-refractivity contribution in [3.8, 4) is 26.6 Å². The largest absolute Gasteiger partial charge is 0.508 e. The standard InChI is InChI=1S/C23H19NO3S3/c1-2-20-18-5-3-4-6-19(18)23-21(13-22(29-23)15-11-12-28-14-15)24(20)30(26,27)17-9-7-16(25)8-10-17/h3-14,20,25H,2H2,1H3. The average molecular weight is 454 g/mol. The topological polar surface area (TPSA) is 57.6 Å². The third-order valence-corrected chi connectivity index (χ3v) is 9.11. The Balaban J connectivity index is 1.76. The number of hydrogen-bond acceptors (Lipinski definition) is 5. The maximum Gasteiger partial charge on any atom is 0.264 e. The molecule has 0 saturated heterocycles. The van der Waals surface area contributed by atoms with Crippen molar-refractivity contribution < 1.29 is 13.5 Å². The maximum absolute atomic E-state index is 13.8. The van der Waals surface area contributed by atoms with Gasteiger partial charge in [-0.3, -0.25) is 4.31 Å². The van der Waals surface area contributed by atoms with Gasteiger partial charge in [-0.2, -0.15) is 11.3 Å². The lowest BCUT2D eigenvalue weighted by Gasteiger charge is -2.37. The van der Waals surface area contributed by atoms with Gasteiger partial charge in [-0.05, 0) is 64.7 Å². The molecule has 1 unspecified atom stereocenters. The van der Waals surface area contributed by atoms with Gasteiger partial charge in [-0.25, -0.2) is 8.42 Å². The van der Waals surface area contributed by atoms with E-state index < -0.39 is 10.0 Å². The van der Waals surface area contributed by atoms with Crippen LogP contribution in [0.15, 0.2) is 76.3 Å². The summed E-state index contributed by atoms with van der Waals surface area (Å²) in [5.41, 5.74) is 3.95. The van der Waals surface area contributed by atoms with E-state index in [2.05, 4.69) is 17.5 Å². The zero-order chi connectivity index (χ0) is 20.9. The molecule has 4 nitrogen and oxygen atoms in total. The lowest BCUT2D eigenvalue weighted by Crippen LogP contribution is -2.36. The lowest BCUT2D eigenvalue weighted by atomic mass is 9.93. The minimum Gasteiger partial charge on any atom is -0.508 e. The summed E-state index contributed by atoms with van der Waals surface area (Å²) in [4.78, 5) is 2.20. The molecule has 5 rings (SSSR count). The molecule has 2 aromatic carbocycles. The normalized spacial score (nSPS) is 15.6. The van der Waals surface area contributed by atoms with Crippen LogP contribution in [0.5, 0.6) is 5.75 Å². The Morgan fingerprint density at radius 2 is 1.83 bits per heavy atom. The monoisotopic (exact) mass is 453 g/mol. The number of fused-ring (bicyclic) bond motifs is 3. The predicted octanol–water partition coefficient (Wildman–Crippen LogP) is 6.51. The number of hydrogen-bond donors (Lipinski definition) is 1. The zero-order valence-electron chi connectivity index (χ0n) is 16.1. The summed E-state index contributed by atoms with van der Waals surface area (Å²) >= 11 is 3.25. The van der Waals surface area contributed by atoms with Crippen LogP contribution in [0.25, 0.3) is 20.9 Å². The Kier molecular flexibility index (Phi) is 4.69. The first-order valence-electron chi connectivity index (χ1n) is 9.60. The first-order valence-corrected chi connectivity index (χ1v) is 12.8. The molecular weight excluding hydrogens is 434 g/mol. The van der Waals surface area contributed by atoms with Crippen LogP contribution in [0.2, 0.25) is 0 Å². The molecule has 0 fully saturated rings. The third kappa shape index (κ3) is 2.96. The summed E-state index contributed by atoms with van der Waals surface area (Å²) in [6, 6.07) is 17.6. The highest BCUT2D eigenvalue weighted by molar-refractivity contribution is 7.92. The van der Waals surface area contributed by atoms with Gasteiger partial charge in [-0.15, -0.1) is 11.3 Å². The van der Waals surface area contributed by atoms with Crippen LogP contribution < -0.4 is 4.31 Å². The van der Waals surface area contributed by atoms with Crippen molar-refractivity contribution in [3.05, 3.63) is 77.0 Å². The minimum absolute atomic E-state index is 0.0425. The molecule has 0 amide bonds. The van der Waals surface area contributed by atoms with Gasteiger partial charge in [0.1, 0.15) is 5.75 Å². The Labute approximate surface area is 183 Å². The number of nitrogens with zero attached hydrogens (tertiary/aromatic N) is 1. The van der Waals surface area contributed by atoms with E-state index in [4.69, 9.17) is 0 Å². The van der Waals surface area contributed by atoms with E-state index in [9.17, 15) is 13.5 Å². The van der Waals surface area contributed by atoms with Crippen LogP contribution in [0.4, 0.5) is 5.69 Å². The van der Waals surface area contributed by atoms with Crippen molar-refractivity contribution in [1.82, 2.24) is 0 Å². The molecule has 1 aliphatic rings. The van der Waals surface area contributed by atoms with Gasteiger partial charge in [0.05, 0.1) is 21.5 Å². The van der Waals surface area contributed by atoms with E-state index in [0.717, 1.165) is 32.1 Å². The molecule has 1 aliphatic heterocycles. The van der Waals surface area contributed by atoms with Gasteiger partial charge in [0.25, 0.3) is 10.0 Å². The molecular formula is C23H19NO3S3. The highest BCUT2D eigenvalue weighted by atomic mass is 32.2. The lowest BCUT2D eigenvalue weighted by molar-refractivity contribution is 0.474. The smallest absolute Gasteiger partial charge is 0.264 e. The SMILES string of the molecule is CCC1c2ccccc2-c2sc(-c3ccsc3)cc2N1S(=O)(=O)c1ccc(O)cc1. The first kappa shape index (κ1) is 19.4. The van der Waals surface area contributed by atoms with Crippen molar-refractivity contribution in [1.29, 1.82) is 0 Å². The minimum atomic E-state index is -3.82. The van der Waals surface area contributed by atoms with E-state index in [-0.39, 0.29) is 16.7 Å². The molecule has 30 heavy (non-hydrogen) atoms. The number of anilines is 1. The van der Waals surface area contributed by atoms with Crippen molar-refractivity contribution >= 4 is 38.4 Å². The van der Waals surface area contributed by atoms with E-state index >= 15 is 0 Å². The highest BCUT2D eigenvalue weighted by Gasteiger charge is 2.39. The van der Waals surface area contributed by atoms with E-state index in [0.29, 0.717) is 6.42 Å². The molecule has 1 atom stereocenters. The van der Waals surface area contributed by atoms with Gasteiger partial charge >= 0.3 is 0 Å². The summed E-state index contributed by atoms with van der Waals surface area (Å²) in [7, 11) is -3.82. The summed E-state index contributed by atoms with van der Waals surface area (Å²) in [6.45, 7) is 2.01. The third-order valence-electron chi connectivity index (χ3n) is 5.38. The van der Waals surface area contributed by atoms with Crippen LogP contribution in [0.3, 0.4) is 0 Å². The zero-order valence-corrected chi connectivity index (χ0v) is 18.6. The fraction of sp³-hybridized carbons (Fsp3) is 0.130. The van der Waals surface area contributed by atoms with E-state index in [1.54, 1.807) is 27.0 Å². The van der Waals surface area contributed by atoms with Crippen molar-refractivity contribution in [2.75, 3.05) is 4.31 Å². The Bertz CT molecular complexity index is 1310. The molecule has 2 aromatic heterocycles.